The van der Waals surface area contributed by atoms with Crippen molar-refractivity contribution in [3.05, 3.63) is 90.0 Å². The SMILES string of the molecule is O=C(CSc1nc2ccccc2n1Cc1ccccc1)NN=Cc1ccccc1O. The van der Waals surface area contributed by atoms with Gasteiger partial charge in [0.15, 0.2) is 5.16 Å². The fraction of sp³-hybridized carbons (Fsp3) is 0.0870. The molecule has 0 bridgehead atoms. The molecule has 6 nitrogen and oxygen atoms in total. The van der Waals surface area contributed by atoms with E-state index < -0.39 is 0 Å². The minimum absolute atomic E-state index is 0.111. The van der Waals surface area contributed by atoms with Gasteiger partial charge >= 0.3 is 0 Å². The highest BCUT2D eigenvalue weighted by Crippen LogP contribution is 2.25. The van der Waals surface area contributed by atoms with Crippen molar-refractivity contribution in [1.29, 1.82) is 0 Å². The van der Waals surface area contributed by atoms with Gasteiger partial charge in [0, 0.05) is 5.56 Å². The average Bonchev–Trinajstić information content (AvgIpc) is 3.12. The van der Waals surface area contributed by atoms with E-state index in [0.29, 0.717) is 12.1 Å². The lowest BCUT2D eigenvalue weighted by molar-refractivity contribution is -0.118. The molecule has 0 atom stereocenters. The van der Waals surface area contributed by atoms with Crippen molar-refractivity contribution in [3.8, 4) is 5.75 Å². The lowest BCUT2D eigenvalue weighted by atomic mass is 10.2. The molecule has 0 unspecified atom stereocenters. The van der Waals surface area contributed by atoms with E-state index in [9.17, 15) is 9.90 Å². The van der Waals surface area contributed by atoms with E-state index in [4.69, 9.17) is 4.98 Å². The Morgan fingerprint density at radius 2 is 1.77 bits per heavy atom. The Morgan fingerprint density at radius 1 is 1.03 bits per heavy atom. The molecule has 1 amide bonds. The Morgan fingerprint density at radius 3 is 2.60 bits per heavy atom. The fourth-order valence-corrected chi connectivity index (χ4v) is 3.82. The van der Waals surface area contributed by atoms with Crippen molar-refractivity contribution in [2.45, 2.75) is 11.7 Å². The van der Waals surface area contributed by atoms with Crippen LogP contribution in [0, 0.1) is 0 Å². The summed E-state index contributed by atoms with van der Waals surface area (Å²) in [6.07, 6.45) is 1.42. The maximum Gasteiger partial charge on any atom is 0.250 e. The Bertz CT molecular complexity index is 1190. The van der Waals surface area contributed by atoms with Crippen LogP contribution >= 0.6 is 11.8 Å². The molecular formula is C23H20N4O2S. The van der Waals surface area contributed by atoms with Crippen LogP contribution in [0.15, 0.2) is 89.1 Å². The molecule has 0 aliphatic carbocycles. The van der Waals surface area contributed by atoms with Crippen LogP contribution in [0.4, 0.5) is 0 Å². The fourth-order valence-electron chi connectivity index (χ4n) is 3.02. The number of para-hydroxylation sites is 3. The number of imidazole rings is 1. The number of phenolic OH excluding ortho intramolecular Hbond substituents is 1. The highest BCUT2D eigenvalue weighted by Gasteiger charge is 2.13. The van der Waals surface area contributed by atoms with Crippen LogP contribution in [0.5, 0.6) is 5.75 Å². The van der Waals surface area contributed by atoms with E-state index >= 15 is 0 Å². The quantitative estimate of drug-likeness (QED) is 0.271. The Hall–Kier alpha value is -3.58. The third-order valence-corrected chi connectivity index (χ3v) is 5.44. The number of fused-ring (bicyclic) bond motifs is 1. The predicted octanol–water partition coefficient (Wildman–Crippen LogP) is 4.03. The minimum Gasteiger partial charge on any atom is -0.507 e. The second-order valence-electron chi connectivity index (χ2n) is 6.60. The number of aromatic hydroxyl groups is 1. The van der Waals surface area contributed by atoms with Gasteiger partial charge < -0.3 is 9.67 Å². The number of hydrazone groups is 1. The van der Waals surface area contributed by atoms with Crippen molar-refractivity contribution in [3.63, 3.8) is 0 Å². The summed E-state index contributed by atoms with van der Waals surface area (Å²) >= 11 is 1.37. The average molecular weight is 417 g/mol. The number of benzene rings is 3. The van der Waals surface area contributed by atoms with E-state index in [1.165, 1.54) is 23.5 Å². The molecule has 4 aromatic rings. The van der Waals surface area contributed by atoms with Gasteiger partial charge in [0.1, 0.15) is 5.75 Å². The number of nitrogens with one attached hydrogen (secondary N) is 1. The third kappa shape index (κ3) is 4.69. The van der Waals surface area contributed by atoms with Crippen LogP contribution in [0.3, 0.4) is 0 Å². The number of rotatable bonds is 7. The normalized spacial score (nSPS) is 11.2. The number of nitrogens with zero attached hydrogens (tertiary/aromatic N) is 3. The van der Waals surface area contributed by atoms with Gasteiger partial charge in [-0.15, -0.1) is 0 Å². The molecule has 1 aromatic heterocycles. The maximum atomic E-state index is 12.2. The topological polar surface area (TPSA) is 79.5 Å². The van der Waals surface area contributed by atoms with E-state index in [-0.39, 0.29) is 17.4 Å². The molecule has 0 saturated carbocycles. The molecule has 0 fully saturated rings. The zero-order valence-corrected chi connectivity index (χ0v) is 16.9. The van der Waals surface area contributed by atoms with Gasteiger partial charge in [0.2, 0.25) is 0 Å². The first-order valence-electron chi connectivity index (χ1n) is 9.42. The number of phenols is 1. The van der Waals surface area contributed by atoms with E-state index in [0.717, 1.165) is 16.2 Å². The molecule has 1 heterocycles. The van der Waals surface area contributed by atoms with E-state index in [2.05, 4.69) is 27.2 Å². The monoisotopic (exact) mass is 416 g/mol. The van der Waals surface area contributed by atoms with Crippen LogP contribution < -0.4 is 5.43 Å². The summed E-state index contributed by atoms with van der Waals surface area (Å²) in [7, 11) is 0. The lowest BCUT2D eigenvalue weighted by Gasteiger charge is -2.09. The van der Waals surface area contributed by atoms with Crippen LogP contribution in [-0.4, -0.2) is 32.5 Å². The first-order valence-corrected chi connectivity index (χ1v) is 10.4. The van der Waals surface area contributed by atoms with Crippen LogP contribution in [0.2, 0.25) is 0 Å². The number of hydrogen-bond donors (Lipinski definition) is 2. The molecule has 0 spiro atoms. The van der Waals surface area contributed by atoms with Gasteiger partial charge in [0.05, 0.1) is 29.5 Å². The van der Waals surface area contributed by atoms with Gasteiger partial charge in [-0.05, 0) is 29.8 Å². The van der Waals surface area contributed by atoms with Crippen molar-refractivity contribution in [2.24, 2.45) is 5.10 Å². The Labute approximate surface area is 178 Å². The third-order valence-electron chi connectivity index (χ3n) is 4.47. The van der Waals surface area contributed by atoms with Gasteiger partial charge in [-0.2, -0.15) is 5.10 Å². The molecule has 0 radical (unpaired) electrons. The van der Waals surface area contributed by atoms with Gasteiger partial charge in [-0.1, -0.05) is 66.4 Å². The summed E-state index contributed by atoms with van der Waals surface area (Å²) in [5.41, 5.74) is 6.12. The summed E-state index contributed by atoms with van der Waals surface area (Å²) in [5, 5.41) is 14.4. The zero-order valence-electron chi connectivity index (χ0n) is 16.1. The molecule has 0 aliphatic rings. The van der Waals surface area contributed by atoms with Crippen LogP contribution in [-0.2, 0) is 11.3 Å². The summed E-state index contributed by atoms with van der Waals surface area (Å²) in [4.78, 5) is 16.9. The molecular weight excluding hydrogens is 396 g/mol. The summed E-state index contributed by atoms with van der Waals surface area (Å²) in [6.45, 7) is 0.677. The summed E-state index contributed by atoms with van der Waals surface area (Å²) in [5.74, 6) is 0.0421. The highest BCUT2D eigenvalue weighted by molar-refractivity contribution is 7.99. The molecule has 30 heavy (non-hydrogen) atoms. The molecule has 4 rings (SSSR count). The van der Waals surface area contributed by atoms with Gasteiger partial charge in [-0.25, -0.2) is 10.4 Å². The minimum atomic E-state index is -0.245. The second-order valence-corrected chi connectivity index (χ2v) is 7.54. The molecule has 0 aliphatic heterocycles. The summed E-state index contributed by atoms with van der Waals surface area (Å²) < 4.78 is 2.12. The number of thioether (sulfide) groups is 1. The predicted molar refractivity (Wildman–Crippen MR) is 120 cm³/mol. The first kappa shape index (κ1) is 19.7. The lowest BCUT2D eigenvalue weighted by Crippen LogP contribution is -2.20. The number of hydrogen-bond acceptors (Lipinski definition) is 5. The second kappa shape index (κ2) is 9.28. The van der Waals surface area contributed by atoms with Crippen molar-refractivity contribution in [1.82, 2.24) is 15.0 Å². The van der Waals surface area contributed by atoms with E-state index in [1.807, 2.05) is 42.5 Å². The standard InChI is InChI=1S/C23H20N4O2S/c28-21-13-7-4-10-18(21)14-24-26-22(29)16-30-23-25-19-11-5-6-12-20(19)27(23)15-17-8-2-1-3-9-17/h1-14,28H,15-16H2,(H,26,29). The van der Waals surface area contributed by atoms with Crippen molar-refractivity contribution in [2.75, 3.05) is 5.75 Å². The summed E-state index contributed by atoms with van der Waals surface area (Å²) in [6, 6.07) is 24.9. The van der Waals surface area contributed by atoms with Crippen molar-refractivity contribution >= 4 is 34.9 Å². The van der Waals surface area contributed by atoms with Gasteiger partial charge in [-0.3, -0.25) is 4.79 Å². The molecule has 7 heteroatoms. The Kier molecular flexibility index (Phi) is 6.10. The smallest absolute Gasteiger partial charge is 0.250 e. The number of carbonyl (C=O) groups is 1. The van der Waals surface area contributed by atoms with Crippen LogP contribution in [0.1, 0.15) is 11.1 Å². The number of aromatic nitrogens is 2. The Balaban J connectivity index is 1.45. The molecule has 150 valence electrons. The van der Waals surface area contributed by atoms with E-state index in [1.54, 1.807) is 24.3 Å². The molecule has 2 N–H and O–H groups in total. The first-order chi connectivity index (χ1) is 14.7. The molecule has 3 aromatic carbocycles. The maximum absolute atomic E-state index is 12.2. The van der Waals surface area contributed by atoms with Crippen molar-refractivity contribution < 1.29 is 9.90 Å². The number of carbonyl (C=O) groups excluding carboxylic acids is 1. The molecule has 0 saturated heterocycles. The zero-order chi connectivity index (χ0) is 20.8. The number of amides is 1. The van der Waals surface area contributed by atoms with Crippen LogP contribution in [0.25, 0.3) is 11.0 Å². The van der Waals surface area contributed by atoms with Gasteiger partial charge in [0.25, 0.3) is 5.91 Å². The largest absolute Gasteiger partial charge is 0.507 e. The highest BCUT2D eigenvalue weighted by atomic mass is 32.2.